The van der Waals surface area contributed by atoms with Crippen molar-refractivity contribution >= 4 is 6.29 Å². The highest BCUT2D eigenvalue weighted by molar-refractivity contribution is 5.64. The lowest BCUT2D eigenvalue weighted by molar-refractivity contribution is -0.104. The second-order valence-electron chi connectivity index (χ2n) is 6.30. The Kier molecular flexibility index (Phi) is 18.9. The predicted octanol–water partition coefficient (Wildman–Crippen LogP) is 7.00. The highest BCUT2D eigenvalue weighted by Crippen LogP contribution is 2.13. The fourth-order valence-electron chi connectivity index (χ4n) is 2.79. The molecule has 0 aliphatic heterocycles. The fraction of sp³-hybridized carbons (Fsp3) is 0.850. The molecule has 1 nitrogen and oxygen atoms in total. The largest absolute Gasteiger partial charge is 0.299 e. The van der Waals surface area contributed by atoms with E-state index in [1.54, 1.807) is 6.08 Å². The summed E-state index contributed by atoms with van der Waals surface area (Å²) in [6.45, 7) is 2.28. The number of allylic oxidation sites excluding steroid dienone is 2. The molecular weight excluding hydrogens is 256 g/mol. The predicted molar refractivity (Wildman–Crippen MR) is 94.8 cm³/mol. The first-order chi connectivity index (χ1) is 10.4. The Labute approximate surface area is 133 Å². The highest BCUT2D eigenvalue weighted by Gasteiger charge is 1.93. The molecule has 0 bridgehead atoms. The lowest BCUT2D eigenvalue weighted by Crippen LogP contribution is -1.83. The van der Waals surface area contributed by atoms with Gasteiger partial charge in [-0.2, -0.15) is 0 Å². The Morgan fingerprint density at radius 2 is 0.952 bits per heavy atom. The third-order valence-electron chi connectivity index (χ3n) is 4.19. The van der Waals surface area contributed by atoms with Crippen molar-refractivity contribution in [3.05, 3.63) is 12.2 Å². The topological polar surface area (TPSA) is 17.1 Å². The van der Waals surface area contributed by atoms with Crippen LogP contribution >= 0.6 is 0 Å². The van der Waals surface area contributed by atoms with Gasteiger partial charge in [-0.3, -0.25) is 4.79 Å². The van der Waals surface area contributed by atoms with Gasteiger partial charge in [-0.05, 0) is 18.9 Å². The van der Waals surface area contributed by atoms with E-state index < -0.39 is 0 Å². The van der Waals surface area contributed by atoms with E-state index in [2.05, 4.69) is 6.92 Å². The van der Waals surface area contributed by atoms with E-state index in [1.807, 2.05) is 6.08 Å². The van der Waals surface area contributed by atoms with Gasteiger partial charge in [-0.15, -0.1) is 0 Å². The van der Waals surface area contributed by atoms with Crippen molar-refractivity contribution in [3.63, 3.8) is 0 Å². The lowest BCUT2D eigenvalue weighted by Gasteiger charge is -2.03. The van der Waals surface area contributed by atoms with E-state index in [9.17, 15) is 4.79 Å². The maximum atomic E-state index is 10.1. The number of rotatable bonds is 17. The summed E-state index contributed by atoms with van der Waals surface area (Å²) in [4.78, 5) is 10.1. The van der Waals surface area contributed by atoms with Crippen molar-refractivity contribution in [2.75, 3.05) is 0 Å². The molecule has 0 unspecified atom stereocenters. The van der Waals surface area contributed by atoms with Gasteiger partial charge in [0.05, 0.1) is 0 Å². The molecule has 0 spiro atoms. The van der Waals surface area contributed by atoms with Crippen molar-refractivity contribution in [2.24, 2.45) is 0 Å². The van der Waals surface area contributed by atoms with Gasteiger partial charge in [0.15, 0.2) is 0 Å². The van der Waals surface area contributed by atoms with Gasteiger partial charge in [0, 0.05) is 0 Å². The van der Waals surface area contributed by atoms with Crippen LogP contribution in [-0.2, 0) is 4.79 Å². The van der Waals surface area contributed by atoms with Gasteiger partial charge >= 0.3 is 0 Å². The Morgan fingerprint density at radius 3 is 1.33 bits per heavy atom. The Hall–Kier alpha value is -0.590. The summed E-state index contributed by atoms with van der Waals surface area (Å²) in [5, 5.41) is 0. The zero-order valence-corrected chi connectivity index (χ0v) is 14.5. The first kappa shape index (κ1) is 20.4. The number of unbranched alkanes of at least 4 members (excludes halogenated alkanes) is 15. The van der Waals surface area contributed by atoms with Crippen LogP contribution in [0.1, 0.15) is 110 Å². The number of hydrogen-bond acceptors (Lipinski definition) is 1. The molecule has 0 atom stereocenters. The SMILES string of the molecule is CCCCCCCCCCCCCCCCC/C=C\C=O. The monoisotopic (exact) mass is 294 g/mol. The normalized spacial score (nSPS) is 11.3. The van der Waals surface area contributed by atoms with E-state index in [1.165, 1.54) is 96.3 Å². The van der Waals surface area contributed by atoms with Crippen LogP contribution in [0.15, 0.2) is 12.2 Å². The molecule has 0 aromatic heterocycles. The molecule has 0 amide bonds. The molecule has 0 aliphatic carbocycles. The van der Waals surface area contributed by atoms with Gasteiger partial charge in [0.2, 0.25) is 0 Å². The summed E-state index contributed by atoms with van der Waals surface area (Å²) >= 11 is 0. The first-order valence-corrected chi connectivity index (χ1v) is 9.52. The van der Waals surface area contributed by atoms with Gasteiger partial charge in [0.25, 0.3) is 0 Å². The first-order valence-electron chi connectivity index (χ1n) is 9.52. The van der Waals surface area contributed by atoms with Crippen molar-refractivity contribution in [2.45, 2.75) is 110 Å². The molecule has 124 valence electrons. The van der Waals surface area contributed by atoms with Crippen LogP contribution in [0.4, 0.5) is 0 Å². The van der Waals surface area contributed by atoms with Crippen molar-refractivity contribution in [1.29, 1.82) is 0 Å². The van der Waals surface area contributed by atoms with Crippen LogP contribution in [0, 0.1) is 0 Å². The standard InChI is InChI=1S/C20H38O/c1-2-3-4-5-6-7-8-9-10-11-12-13-14-15-16-17-18-19-20-21/h18-20H,2-17H2,1H3/b19-18-. The molecule has 0 fully saturated rings. The van der Waals surface area contributed by atoms with Crippen molar-refractivity contribution in [1.82, 2.24) is 0 Å². The minimum Gasteiger partial charge on any atom is -0.299 e. The van der Waals surface area contributed by atoms with E-state index in [-0.39, 0.29) is 0 Å². The van der Waals surface area contributed by atoms with Crippen LogP contribution in [0.3, 0.4) is 0 Å². The summed E-state index contributed by atoms with van der Waals surface area (Å²) in [5.74, 6) is 0. The van der Waals surface area contributed by atoms with E-state index in [0.717, 1.165) is 12.7 Å². The molecule has 0 saturated carbocycles. The van der Waals surface area contributed by atoms with Crippen molar-refractivity contribution < 1.29 is 4.79 Å². The van der Waals surface area contributed by atoms with Crippen LogP contribution in [0.2, 0.25) is 0 Å². The molecule has 0 saturated heterocycles. The Bertz CT molecular complexity index is 220. The minimum atomic E-state index is 0.866. The molecular formula is C20H38O. The quantitative estimate of drug-likeness (QED) is 0.160. The third-order valence-corrected chi connectivity index (χ3v) is 4.19. The summed E-state index contributed by atoms with van der Waals surface area (Å²) in [6.07, 6.45) is 26.6. The molecule has 0 rings (SSSR count). The van der Waals surface area contributed by atoms with E-state index >= 15 is 0 Å². The molecule has 0 radical (unpaired) electrons. The average molecular weight is 295 g/mol. The number of hydrogen-bond donors (Lipinski definition) is 0. The van der Waals surface area contributed by atoms with Crippen molar-refractivity contribution in [3.8, 4) is 0 Å². The van der Waals surface area contributed by atoms with Crippen LogP contribution in [-0.4, -0.2) is 6.29 Å². The van der Waals surface area contributed by atoms with Crippen LogP contribution in [0.5, 0.6) is 0 Å². The highest BCUT2D eigenvalue weighted by atomic mass is 16.1. The molecule has 0 heterocycles. The minimum absolute atomic E-state index is 0.866. The average Bonchev–Trinajstić information content (AvgIpc) is 2.50. The Balaban J connectivity index is 2.96. The second-order valence-corrected chi connectivity index (χ2v) is 6.30. The maximum Gasteiger partial charge on any atom is 0.142 e. The zero-order chi connectivity index (χ0) is 15.4. The lowest BCUT2D eigenvalue weighted by atomic mass is 10.0. The third kappa shape index (κ3) is 19.4. The van der Waals surface area contributed by atoms with Gasteiger partial charge in [0.1, 0.15) is 6.29 Å². The molecule has 0 aliphatic rings. The number of carbonyl (C=O) groups is 1. The smallest absolute Gasteiger partial charge is 0.142 e. The number of aldehydes is 1. The van der Waals surface area contributed by atoms with Gasteiger partial charge < -0.3 is 0 Å². The van der Waals surface area contributed by atoms with Gasteiger partial charge in [-0.25, -0.2) is 0 Å². The molecule has 0 aromatic carbocycles. The zero-order valence-electron chi connectivity index (χ0n) is 14.5. The summed E-state index contributed by atoms with van der Waals surface area (Å²) in [7, 11) is 0. The summed E-state index contributed by atoms with van der Waals surface area (Å²) in [6, 6.07) is 0. The van der Waals surface area contributed by atoms with E-state index in [0.29, 0.717) is 0 Å². The van der Waals surface area contributed by atoms with Crippen LogP contribution in [0.25, 0.3) is 0 Å². The van der Waals surface area contributed by atoms with E-state index in [4.69, 9.17) is 0 Å². The summed E-state index contributed by atoms with van der Waals surface area (Å²) in [5.41, 5.74) is 0. The maximum absolute atomic E-state index is 10.1. The molecule has 1 heteroatoms. The molecule has 21 heavy (non-hydrogen) atoms. The summed E-state index contributed by atoms with van der Waals surface area (Å²) < 4.78 is 0. The Morgan fingerprint density at radius 1 is 0.571 bits per heavy atom. The fourth-order valence-corrected chi connectivity index (χ4v) is 2.79. The number of carbonyl (C=O) groups excluding carboxylic acids is 1. The second kappa shape index (κ2) is 19.4. The van der Waals surface area contributed by atoms with Gasteiger partial charge in [-0.1, -0.05) is 103 Å². The molecule has 0 N–H and O–H groups in total. The molecule has 0 aromatic rings. The van der Waals surface area contributed by atoms with Crippen LogP contribution < -0.4 is 0 Å².